The van der Waals surface area contributed by atoms with E-state index in [1.54, 1.807) is 12.1 Å². The lowest BCUT2D eigenvalue weighted by atomic mass is 10.0. The van der Waals surface area contributed by atoms with Crippen LogP contribution in [0.15, 0.2) is 35.7 Å². The van der Waals surface area contributed by atoms with Crippen molar-refractivity contribution >= 4 is 11.8 Å². The van der Waals surface area contributed by atoms with Crippen LogP contribution in [0.4, 0.5) is 0 Å². The minimum absolute atomic E-state index is 0.0922. The molecule has 28 heavy (non-hydrogen) atoms. The van der Waals surface area contributed by atoms with Gasteiger partial charge in [0.1, 0.15) is 0 Å². The molecule has 1 heterocycles. The van der Waals surface area contributed by atoms with Gasteiger partial charge in [-0.15, -0.1) is 0 Å². The Morgan fingerprint density at radius 2 is 1.79 bits per heavy atom. The van der Waals surface area contributed by atoms with Gasteiger partial charge in [-0.25, -0.2) is 4.79 Å². The predicted octanol–water partition coefficient (Wildman–Crippen LogP) is 4.56. The molecule has 0 aromatic heterocycles. The van der Waals surface area contributed by atoms with Crippen LogP contribution in [0.1, 0.15) is 74.7 Å². The van der Waals surface area contributed by atoms with Gasteiger partial charge < -0.3 is 14.8 Å². The highest BCUT2D eigenvalue weighted by Gasteiger charge is 2.31. The molecule has 1 unspecified atom stereocenters. The number of methoxy groups -OCH3 is 1. The smallest absolute Gasteiger partial charge is 0.337 e. The lowest BCUT2D eigenvalue weighted by Gasteiger charge is -2.10. The van der Waals surface area contributed by atoms with Crippen LogP contribution in [0.3, 0.4) is 0 Å². The Morgan fingerprint density at radius 1 is 1.07 bits per heavy atom. The maximum Gasteiger partial charge on any atom is 0.337 e. The summed E-state index contributed by atoms with van der Waals surface area (Å²) in [6.45, 7) is 4.86. The van der Waals surface area contributed by atoms with Crippen LogP contribution in [0, 0.1) is 0 Å². The second-order valence-corrected chi connectivity index (χ2v) is 7.32. The molecule has 1 aliphatic heterocycles. The summed E-state index contributed by atoms with van der Waals surface area (Å²) in [5.41, 5.74) is 2.47. The van der Waals surface area contributed by atoms with E-state index in [2.05, 4.69) is 12.2 Å². The van der Waals surface area contributed by atoms with E-state index in [4.69, 9.17) is 9.47 Å². The fraction of sp³-hybridized carbons (Fsp3) is 0.565. The van der Waals surface area contributed by atoms with Crippen LogP contribution in [0.5, 0.6) is 0 Å². The number of carbonyl (C=O) groups excluding carboxylic acids is 2. The van der Waals surface area contributed by atoms with E-state index in [0.717, 1.165) is 36.9 Å². The van der Waals surface area contributed by atoms with Gasteiger partial charge in [-0.1, -0.05) is 44.7 Å². The van der Waals surface area contributed by atoms with Crippen molar-refractivity contribution in [2.45, 2.75) is 71.3 Å². The first kappa shape index (κ1) is 22.0. The number of ketones is 1. The standard InChI is InChI=1S/C23H33NO4/c1-4-5-6-7-8-16-24-22-20(21(25)17(2)28-22)11-9-10-18-12-14-19(15-13-18)23(26)27-3/h12-15,17,24H,4-11,16H2,1-3H3. The number of carbonyl (C=O) groups is 2. The molecule has 154 valence electrons. The minimum atomic E-state index is -0.392. The van der Waals surface area contributed by atoms with Crippen LogP contribution in [0.25, 0.3) is 0 Å². The van der Waals surface area contributed by atoms with E-state index in [0.29, 0.717) is 17.9 Å². The average molecular weight is 388 g/mol. The zero-order valence-electron chi connectivity index (χ0n) is 17.4. The maximum absolute atomic E-state index is 12.4. The van der Waals surface area contributed by atoms with Gasteiger partial charge in [0.05, 0.1) is 18.2 Å². The highest BCUT2D eigenvalue weighted by atomic mass is 16.5. The van der Waals surface area contributed by atoms with Gasteiger partial charge in [-0.3, -0.25) is 4.79 Å². The molecule has 1 aromatic carbocycles. The molecule has 1 N–H and O–H groups in total. The Labute approximate surface area is 168 Å². The molecule has 0 aliphatic carbocycles. The number of esters is 1. The van der Waals surface area contributed by atoms with Crippen LogP contribution >= 0.6 is 0 Å². The summed E-state index contributed by atoms with van der Waals surface area (Å²) in [6.07, 6.45) is 8.08. The zero-order valence-corrected chi connectivity index (χ0v) is 17.4. The zero-order chi connectivity index (χ0) is 20.4. The number of nitrogens with one attached hydrogen (secondary N) is 1. The number of hydrogen-bond donors (Lipinski definition) is 1. The molecule has 0 bridgehead atoms. The quantitative estimate of drug-likeness (QED) is 0.421. The second kappa shape index (κ2) is 11.5. The summed E-state index contributed by atoms with van der Waals surface area (Å²) >= 11 is 0. The number of hydrogen-bond acceptors (Lipinski definition) is 5. The van der Waals surface area contributed by atoms with E-state index in [1.165, 1.54) is 32.8 Å². The Kier molecular flexibility index (Phi) is 9.05. The molecule has 1 aromatic rings. The molecule has 1 atom stereocenters. The number of rotatable bonds is 12. The molecule has 1 aliphatic rings. The van der Waals surface area contributed by atoms with Gasteiger partial charge >= 0.3 is 5.97 Å². The first-order valence-electron chi connectivity index (χ1n) is 10.4. The molecule has 5 heteroatoms. The van der Waals surface area contributed by atoms with Gasteiger partial charge in [0.15, 0.2) is 12.0 Å². The molecule has 0 radical (unpaired) electrons. The first-order valence-corrected chi connectivity index (χ1v) is 10.4. The van der Waals surface area contributed by atoms with E-state index in [-0.39, 0.29) is 11.8 Å². The van der Waals surface area contributed by atoms with Crippen molar-refractivity contribution in [3.8, 4) is 0 Å². The summed E-state index contributed by atoms with van der Waals surface area (Å²) in [6, 6.07) is 7.42. The van der Waals surface area contributed by atoms with Gasteiger partial charge in [0.25, 0.3) is 0 Å². The molecule has 0 saturated carbocycles. The van der Waals surface area contributed by atoms with Crippen LogP contribution < -0.4 is 5.32 Å². The highest BCUT2D eigenvalue weighted by Crippen LogP contribution is 2.24. The molecule has 2 rings (SSSR count). The Morgan fingerprint density at radius 3 is 2.46 bits per heavy atom. The van der Waals surface area contributed by atoms with Crippen LogP contribution in [-0.4, -0.2) is 31.5 Å². The lowest BCUT2D eigenvalue weighted by Crippen LogP contribution is -2.17. The number of aryl methyl sites for hydroxylation is 1. The molecule has 0 spiro atoms. The van der Waals surface area contributed by atoms with Crippen molar-refractivity contribution in [2.24, 2.45) is 0 Å². The fourth-order valence-electron chi connectivity index (χ4n) is 3.37. The lowest BCUT2D eigenvalue weighted by molar-refractivity contribution is -0.120. The van der Waals surface area contributed by atoms with Gasteiger partial charge in [0.2, 0.25) is 5.78 Å². The Bertz CT molecular complexity index is 678. The average Bonchev–Trinajstić information content (AvgIpc) is 2.98. The SMILES string of the molecule is CCCCCCCNC1=C(CCCc2ccc(C(=O)OC)cc2)C(=O)C(C)O1. The third kappa shape index (κ3) is 6.39. The monoisotopic (exact) mass is 387 g/mol. The first-order chi connectivity index (χ1) is 13.6. The van der Waals surface area contributed by atoms with E-state index in [1.807, 2.05) is 19.1 Å². The van der Waals surface area contributed by atoms with Gasteiger partial charge in [0, 0.05) is 6.54 Å². The number of benzene rings is 1. The van der Waals surface area contributed by atoms with Crippen molar-refractivity contribution in [1.82, 2.24) is 5.32 Å². The second-order valence-electron chi connectivity index (χ2n) is 7.32. The number of ether oxygens (including phenoxy) is 2. The Balaban J connectivity index is 1.83. The summed E-state index contributed by atoms with van der Waals surface area (Å²) in [5.74, 6) is 0.438. The van der Waals surface area contributed by atoms with Gasteiger partial charge in [-0.05, 0) is 50.3 Å². The minimum Gasteiger partial charge on any atom is -0.468 e. The van der Waals surface area contributed by atoms with Crippen molar-refractivity contribution in [3.05, 3.63) is 46.8 Å². The third-order valence-corrected chi connectivity index (χ3v) is 5.07. The highest BCUT2D eigenvalue weighted by molar-refractivity contribution is 6.00. The van der Waals surface area contributed by atoms with Crippen molar-refractivity contribution in [3.63, 3.8) is 0 Å². The number of Topliss-reactive ketones (excluding diaryl/α,β-unsaturated/α-hetero) is 1. The summed E-state index contributed by atoms with van der Waals surface area (Å²) in [7, 11) is 1.38. The molecule has 0 saturated heterocycles. The van der Waals surface area contributed by atoms with E-state index < -0.39 is 6.10 Å². The largest absolute Gasteiger partial charge is 0.468 e. The molecular formula is C23H33NO4. The molecule has 0 fully saturated rings. The van der Waals surface area contributed by atoms with Crippen LogP contribution in [0.2, 0.25) is 0 Å². The normalized spacial score (nSPS) is 16.2. The summed E-state index contributed by atoms with van der Waals surface area (Å²) in [5, 5.41) is 3.33. The van der Waals surface area contributed by atoms with Crippen molar-refractivity contribution in [1.29, 1.82) is 0 Å². The predicted molar refractivity (Wildman–Crippen MR) is 110 cm³/mol. The van der Waals surface area contributed by atoms with Crippen molar-refractivity contribution < 1.29 is 19.1 Å². The Hall–Kier alpha value is -2.30. The fourth-order valence-corrected chi connectivity index (χ4v) is 3.37. The van der Waals surface area contributed by atoms with Crippen molar-refractivity contribution in [2.75, 3.05) is 13.7 Å². The van der Waals surface area contributed by atoms with Gasteiger partial charge in [-0.2, -0.15) is 0 Å². The number of unbranched alkanes of at least 4 members (excludes halogenated alkanes) is 4. The topological polar surface area (TPSA) is 64.6 Å². The summed E-state index contributed by atoms with van der Waals surface area (Å²) < 4.78 is 10.5. The molecule has 5 nitrogen and oxygen atoms in total. The molecular weight excluding hydrogens is 354 g/mol. The summed E-state index contributed by atoms with van der Waals surface area (Å²) in [4.78, 5) is 23.9. The maximum atomic E-state index is 12.4. The van der Waals surface area contributed by atoms with Crippen LogP contribution in [-0.2, 0) is 20.7 Å². The molecule has 0 amide bonds. The van der Waals surface area contributed by atoms with E-state index in [9.17, 15) is 9.59 Å². The van der Waals surface area contributed by atoms with E-state index >= 15 is 0 Å². The third-order valence-electron chi connectivity index (χ3n) is 5.07.